The maximum atomic E-state index is 9.99. The number of aliphatic hydroxyl groups excluding tert-OH is 1. The van der Waals surface area contributed by atoms with Crippen LogP contribution in [0.1, 0.15) is 27.7 Å². The van der Waals surface area contributed by atoms with Crippen LogP contribution in [0, 0.1) is 10.8 Å². The van der Waals surface area contributed by atoms with Crippen molar-refractivity contribution in [2.75, 3.05) is 13.2 Å². The van der Waals surface area contributed by atoms with E-state index in [1.54, 1.807) is 12.1 Å². The summed E-state index contributed by atoms with van der Waals surface area (Å²) in [6.45, 7) is 9.76. The molecule has 0 bridgehead atoms. The van der Waals surface area contributed by atoms with Gasteiger partial charge in [-0.2, -0.15) is 0 Å². The number of hydrogen-bond donors (Lipinski definition) is 2. The highest BCUT2D eigenvalue weighted by Gasteiger charge is 2.64. The van der Waals surface area contributed by atoms with Gasteiger partial charge in [0.25, 0.3) is 0 Å². The molecular weight excluding hydrogens is 274 g/mol. The second-order valence-corrected chi connectivity index (χ2v) is 7.09. The molecule has 0 aromatic heterocycles. The van der Waals surface area contributed by atoms with Gasteiger partial charge in [-0.1, -0.05) is 51.4 Å². The van der Waals surface area contributed by atoms with Crippen LogP contribution in [0.25, 0.3) is 0 Å². The zero-order valence-corrected chi connectivity index (χ0v) is 13.4. The van der Waals surface area contributed by atoms with E-state index in [0.29, 0.717) is 23.4 Å². The van der Waals surface area contributed by atoms with Crippen molar-refractivity contribution in [2.45, 2.75) is 39.8 Å². The largest absolute Gasteiger partial charge is 0.489 e. The molecule has 1 unspecified atom stereocenters. The smallest absolute Gasteiger partial charge is 0.138 e. The van der Waals surface area contributed by atoms with Gasteiger partial charge in [0, 0.05) is 12.6 Å². The first-order valence-corrected chi connectivity index (χ1v) is 7.43. The predicted molar refractivity (Wildman–Crippen MR) is 82.3 cm³/mol. The van der Waals surface area contributed by atoms with E-state index in [4.69, 9.17) is 16.3 Å². The van der Waals surface area contributed by atoms with Crippen LogP contribution < -0.4 is 10.1 Å². The molecule has 112 valence electrons. The lowest BCUT2D eigenvalue weighted by molar-refractivity contribution is 0.105. The Morgan fingerprint density at radius 3 is 2.40 bits per heavy atom. The molecule has 1 aliphatic carbocycles. The van der Waals surface area contributed by atoms with Crippen LogP contribution in [0.4, 0.5) is 0 Å². The van der Waals surface area contributed by atoms with Crippen molar-refractivity contribution in [3.05, 3.63) is 29.3 Å². The molecule has 2 rings (SSSR count). The first-order chi connectivity index (χ1) is 9.26. The first-order valence-electron chi connectivity index (χ1n) is 7.05. The molecule has 1 fully saturated rings. The molecule has 3 nitrogen and oxygen atoms in total. The van der Waals surface area contributed by atoms with Gasteiger partial charge in [-0.05, 0) is 23.0 Å². The summed E-state index contributed by atoms with van der Waals surface area (Å²) < 4.78 is 5.53. The Balaban J connectivity index is 1.75. The third-order valence-electron chi connectivity index (χ3n) is 4.85. The molecule has 1 saturated carbocycles. The minimum Gasteiger partial charge on any atom is -0.489 e. The van der Waals surface area contributed by atoms with E-state index in [0.717, 1.165) is 0 Å². The number of para-hydroxylation sites is 1. The maximum absolute atomic E-state index is 9.99. The summed E-state index contributed by atoms with van der Waals surface area (Å²) in [6.07, 6.45) is -0.543. The fourth-order valence-electron chi connectivity index (χ4n) is 2.77. The molecule has 0 radical (unpaired) electrons. The van der Waals surface area contributed by atoms with Crippen LogP contribution in [0.5, 0.6) is 5.75 Å². The van der Waals surface area contributed by atoms with E-state index < -0.39 is 6.10 Å². The molecule has 1 aliphatic rings. The molecule has 20 heavy (non-hydrogen) atoms. The number of rotatable bonds is 6. The number of halogens is 1. The molecule has 1 aromatic rings. The average Bonchev–Trinajstić information content (AvgIpc) is 2.76. The fourth-order valence-corrected chi connectivity index (χ4v) is 2.96. The van der Waals surface area contributed by atoms with Crippen molar-refractivity contribution in [3.63, 3.8) is 0 Å². The standard InChI is InChI=1S/C16H24ClNO2/c1-15(2)14(16(15,3)4)18-9-11(19)10-20-13-8-6-5-7-12(13)17/h5-8,11,14,18-19H,9-10H2,1-4H3. The van der Waals surface area contributed by atoms with Crippen LogP contribution in [-0.4, -0.2) is 30.4 Å². The van der Waals surface area contributed by atoms with Crippen molar-refractivity contribution in [3.8, 4) is 5.75 Å². The highest BCUT2D eigenvalue weighted by atomic mass is 35.5. The first kappa shape index (κ1) is 15.6. The van der Waals surface area contributed by atoms with E-state index in [1.165, 1.54) is 0 Å². The van der Waals surface area contributed by atoms with Gasteiger partial charge in [-0.3, -0.25) is 0 Å². The summed E-state index contributed by atoms with van der Waals surface area (Å²) >= 11 is 6.00. The monoisotopic (exact) mass is 297 g/mol. The number of aliphatic hydroxyl groups is 1. The van der Waals surface area contributed by atoms with Gasteiger partial charge in [0.1, 0.15) is 18.5 Å². The van der Waals surface area contributed by atoms with Gasteiger partial charge in [0.15, 0.2) is 0 Å². The van der Waals surface area contributed by atoms with E-state index in [1.807, 2.05) is 12.1 Å². The lowest BCUT2D eigenvalue weighted by Crippen LogP contribution is -2.34. The minimum atomic E-state index is -0.543. The highest BCUT2D eigenvalue weighted by Crippen LogP contribution is 2.62. The van der Waals surface area contributed by atoms with Gasteiger partial charge >= 0.3 is 0 Å². The van der Waals surface area contributed by atoms with Crippen LogP contribution in [0.15, 0.2) is 24.3 Å². The molecule has 0 saturated heterocycles. The van der Waals surface area contributed by atoms with Gasteiger partial charge in [-0.15, -0.1) is 0 Å². The number of hydrogen-bond acceptors (Lipinski definition) is 3. The Morgan fingerprint density at radius 2 is 1.85 bits per heavy atom. The molecule has 0 amide bonds. The lowest BCUT2D eigenvalue weighted by atomic mass is 10.0. The SMILES string of the molecule is CC1(C)C(NCC(O)COc2ccccc2Cl)C1(C)C. The zero-order valence-electron chi connectivity index (χ0n) is 12.6. The predicted octanol–water partition coefficient (Wildman–Crippen LogP) is 3.10. The van der Waals surface area contributed by atoms with Crippen molar-refractivity contribution in [2.24, 2.45) is 10.8 Å². The molecule has 1 aromatic carbocycles. The summed E-state index contributed by atoms with van der Waals surface area (Å²) in [6, 6.07) is 7.72. The second kappa shape index (κ2) is 5.55. The summed E-state index contributed by atoms with van der Waals surface area (Å²) in [7, 11) is 0. The molecule has 1 atom stereocenters. The summed E-state index contributed by atoms with van der Waals surface area (Å²) in [4.78, 5) is 0. The Labute approximate surface area is 126 Å². The number of nitrogens with one attached hydrogen (secondary N) is 1. The lowest BCUT2D eigenvalue weighted by Gasteiger charge is -2.14. The molecular formula is C16H24ClNO2. The van der Waals surface area contributed by atoms with Crippen LogP contribution in [0.2, 0.25) is 5.02 Å². The van der Waals surface area contributed by atoms with E-state index >= 15 is 0 Å². The summed E-state index contributed by atoms with van der Waals surface area (Å²) in [5, 5.41) is 14.0. The van der Waals surface area contributed by atoms with Gasteiger partial charge < -0.3 is 15.2 Å². The van der Waals surface area contributed by atoms with Crippen LogP contribution >= 0.6 is 11.6 Å². The van der Waals surface area contributed by atoms with Gasteiger partial charge in [-0.25, -0.2) is 0 Å². The Hall–Kier alpha value is -0.770. The van der Waals surface area contributed by atoms with Crippen molar-refractivity contribution in [1.29, 1.82) is 0 Å². The topological polar surface area (TPSA) is 41.5 Å². The maximum Gasteiger partial charge on any atom is 0.138 e. The molecule has 0 heterocycles. The van der Waals surface area contributed by atoms with Crippen molar-refractivity contribution >= 4 is 11.6 Å². The summed E-state index contributed by atoms with van der Waals surface area (Å²) in [5.41, 5.74) is 0.548. The zero-order chi connectivity index (χ0) is 15.0. The number of ether oxygens (including phenoxy) is 1. The summed E-state index contributed by atoms with van der Waals surface area (Å²) in [5.74, 6) is 0.611. The Morgan fingerprint density at radius 1 is 1.25 bits per heavy atom. The van der Waals surface area contributed by atoms with Crippen LogP contribution in [-0.2, 0) is 0 Å². The molecule has 0 spiro atoms. The minimum absolute atomic E-state index is 0.240. The van der Waals surface area contributed by atoms with Gasteiger partial charge in [0.2, 0.25) is 0 Å². The quantitative estimate of drug-likeness (QED) is 0.848. The average molecular weight is 298 g/mol. The Kier molecular flexibility index (Phi) is 4.33. The van der Waals surface area contributed by atoms with Crippen LogP contribution in [0.3, 0.4) is 0 Å². The van der Waals surface area contributed by atoms with E-state index in [2.05, 4.69) is 33.0 Å². The fraction of sp³-hybridized carbons (Fsp3) is 0.625. The third kappa shape index (κ3) is 2.95. The van der Waals surface area contributed by atoms with E-state index in [9.17, 15) is 5.11 Å². The molecule has 4 heteroatoms. The Bertz CT molecular complexity index is 459. The van der Waals surface area contributed by atoms with Crippen molar-refractivity contribution in [1.82, 2.24) is 5.32 Å². The van der Waals surface area contributed by atoms with Gasteiger partial charge in [0.05, 0.1) is 5.02 Å². The van der Waals surface area contributed by atoms with E-state index in [-0.39, 0.29) is 17.4 Å². The number of benzene rings is 1. The molecule has 2 N–H and O–H groups in total. The molecule has 0 aliphatic heterocycles. The normalized spacial score (nSPS) is 21.5. The second-order valence-electron chi connectivity index (χ2n) is 6.68. The highest BCUT2D eigenvalue weighted by molar-refractivity contribution is 6.32. The third-order valence-corrected chi connectivity index (χ3v) is 5.16. The van der Waals surface area contributed by atoms with Crippen molar-refractivity contribution < 1.29 is 9.84 Å².